The van der Waals surface area contributed by atoms with Gasteiger partial charge in [-0.15, -0.1) is 11.8 Å². The molecule has 0 unspecified atom stereocenters. The number of benzene rings is 2. The lowest BCUT2D eigenvalue weighted by atomic mass is 10.2. The minimum absolute atomic E-state index is 0.0635. The summed E-state index contributed by atoms with van der Waals surface area (Å²) in [5, 5.41) is 0.494. The van der Waals surface area contributed by atoms with E-state index >= 15 is 0 Å². The highest BCUT2D eigenvalue weighted by Crippen LogP contribution is 2.19. The third kappa shape index (κ3) is 5.22. The van der Waals surface area contributed by atoms with Gasteiger partial charge in [0.1, 0.15) is 0 Å². The zero-order chi connectivity index (χ0) is 16.8. The summed E-state index contributed by atoms with van der Waals surface area (Å²) in [6.45, 7) is 0. The first-order chi connectivity index (χ1) is 11.0. The lowest BCUT2D eigenvalue weighted by molar-refractivity contribution is -0.119. The largest absolute Gasteiger partial charge is 0.272 e. The standard InChI is InChI=1S/C15H11ClF2N2O2S/c16-10-3-1-9(2-4-10)15(22)20-19-14(21)8-23-11-5-6-12(17)13(18)7-11/h1-7H,8H2,(H,19,21)(H,20,22). The van der Waals surface area contributed by atoms with Crippen molar-refractivity contribution < 1.29 is 18.4 Å². The van der Waals surface area contributed by atoms with Crippen LogP contribution in [0.1, 0.15) is 10.4 Å². The molecule has 0 saturated carbocycles. The van der Waals surface area contributed by atoms with E-state index in [1.165, 1.54) is 18.2 Å². The highest BCUT2D eigenvalue weighted by Gasteiger charge is 2.09. The second-order valence-corrected chi connectivity index (χ2v) is 5.86. The number of nitrogens with one attached hydrogen (secondary N) is 2. The maximum absolute atomic E-state index is 13.0. The molecule has 0 bridgehead atoms. The molecule has 2 aromatic rings. The Balaban J connectivity index is 1.79. The average Bonchev–Trinajstić information content (AvgIpc) is 2.54. The Bertz CT molecular complexity index is 726. The Morgan fingerprint density at radius 2 is 1.70 bits per heavy atom. The highest BCUT2D eigenvalue weighted by molar-refractivity contribution is 8.00. The van der Waals surface area contributed by atoms with Crippen LogP contribution in [0, 0.1) is 11.6 Å². The minimum Gasteiger partial charge on any atom is -0.272 e. The van der Waals surface area contributed by atoms with Crippen LogP contribution in [0.5, 0.6) is 0 Å². The molecule has 2 aromatic carbocycles. The number of halogens is 3. The van der Waals surface area contributed by atoms with E-state index in [1.807, 2.05) is 0 Å². The van der Waals surface area contributed by atoms with Crippen LogP contribution in [0.4, 0.5) is 8.78 Å². The molecule has 0 fully saturated rings. The first-order valence-electron chi connectivity index (χ1n) is 6.38. The van der Waals surface area contributed by atoms with Gasteiger partial charge >= 0.3 is 0 Å². The third-order valence-corrected chi connectivity index (χ3v) is 3.93. The van der Waals surface area contributed by atoms with E-state index in [4.69, 9.17) is 11.6 Å². The zero-order valence-electron chi connectivity index (χ0n) is 11.6. The van der Waals surface area contributed by atoms with Gasteiger partial charge in [-0.3, -0.25) is 20.4 Å². The Morgan fingerprint density at radius 1 is 1.00 bits per heavy atom. The Hall–Kier alpha value is -2.12. The van der Waals surface area contributed by atoms with Crippen LogP contribution in [-0.4, -0.2) is 17.6 Å². The molecule has 0 atom stereocenters. The smallest absolute Gasteiger partial charge is 0.269 e. The Morgan fingerprint density at radius 3 is 2.35 bits per heavy atom. The van der Waals surface area contributed by atoms with E-state index in [9.17, 15) is 18.4 Å². The molecule has 0 aliphatic heterocycles. The van der Waals surface area contributed by atoms with Crippen LogP contribution in [0.15, 0.2) is 47.4 Å². The maximum atomic E-state index is 13.0. The number of carbonyl (C=O) groups excluding carboxylic acids is 2. The van der Waals surface area contributed by atoms with Gasteiger partial charge in [0.2, 0.25) is 5.91 Å². The number of amides is 2. The Kier molecular flexibility index (Phi) is 5.95. The summed E-state index contributed by atoms with van der Waals surface area (Å²) in [5.41, 5.74) is 4.81. The molecule has 0 heterocycles. The molecule has 0 aliphatic rings. The van der Waals surface area contributed by atoms with Crippen molar-refractivity contribution >= 4 is 35.2 Å². The van der Waals surface area contributed by atoms with E-state index in [0.717, 1.165) is 23.9 Å². The second kappa shape index (κ2) is 7.94. The lowest BCUT2D eigenvalue weighted by Gasteiger charge is -2.07. The van der Waals surface area contributed by atoms with Gasteiger partial charge in [0.05, 0.1) is 5.75 Å². The molecule has 4 nitrogen and oxygen atoms in total. The molecule has 120 valence electrons. The Labute approximate surface area is 140 Å². The normalized spacial score (nSPS) is 10.2. The first kappa shape index (κ1) is 17.2. The number of carbonyl (C=O) groups is 2. The summed E-state index contributed by atoms with van der Waals surface area (Å²) in [7, 11) is 0. The predicted molar refractivity (Wildman–Crippen MR) is 84.1 cm³/mol. The molecular formula is C15H11ClF2N2O2S. The summed E-state index contributed by atoms with van der Waals surface area (Å²) in [5.74, 6) is -2.97. The predicted octanol–water partition coefficient (Wildman–Crippen LogP) is 3.17. The topological polar surface area (TPSA) is 58.2 Å². The van der Waals surface area contributed by atoms with Crippen molar-refractivity contribution in [2.75, 3.05) is 5.75 Å². The van der Waals surface area contributed by atoms with Crippen molar-refractivity contribution in [1.29, 1.82) is 0 Å². The van der Waals surface area contributed by atoms with Crippen molar-refractivity contribution in [1.82, 2.24) is 10.9 Å². The quantitative estimate of drug-likeness (QED) is 0.653. The van der Waals surface area contributed by atoms with Gasteiger partial charge in [-0.25, -0.2) is 8.78 Å². The summed E-state index contributed by atoms with van der Waals surface area (Å²) >= 11 is 6.72. The fourth-order valence-electron chi connectivity index (χ4n) is 1.55. The molecule has 2 rings (SSSR count). The molecule has 0 aromatic heterocycles. The van der Waals surface area contributed by atoms with Crippen LogP contribution < -0.4 is 10.9 Å². The minimum atomic E-state index is -0.980. The molecule has 0 spiro atoms. The third-order valence-electron chi connectivity index (χ3n) is 2.68. The van der Waals surface area contributed by atoms with E-state index < -0.39 is 23.4 Å². The van der Waals surface area contributed by atoms with Crippen LogP contribution >= 0.6 is 23.4 Å². The van der Waals surface area contributed by atoms with Crippen molar-refractivity contribution in [2.45, 2.75) is 4.90 Å². The molecule has 8 heteroatoms. The van der Waals surface area contributed by atoms with Crippen LogP contribution in [0.3, 0.4) is 0 Å². The molecular weight excluding hydrogens is 346 g/mol. The van der Waals surface area contributed by atoms with Crippen molar-refractivity contribution in [3.63, 3.8) is 0 Å². The van der Waals surface area contributed by atoms with Crippen molar-refractivity contribution in [2.24, 2.45) is 0 Å². The average molecular weight is 357 g/mol. The fraction of sp³-hybridized carbons (Fsp3) is 0.0667. The van der Waals surface area contributed by atoms with Crippen LogP contribution in [-0.2, 0) is 4.79 Å². The summed E-state index contributed by atoms with van der Waals surface area (Å²) < 4.78 is 25.8. The maximum Gasteiger partial charge on any atom is 0.269 e. The van der Waals surface area contributed by atoms with E-state index in [-0.39, 0.29) is 5.75 Å². The van der Waals surface area contributed by atoms with Crippen LogP contribution in [0.2, 0.25) is 5.02 Å². The number of thioether (sulfide) groups is 1. The van der Waals surface area contributed by atoms with Gasteiger partial charge < -0.3 is 0 Å². The van der Waals surface area contributed by atoms with Gasteiger partial charge in [-0.2, -0.15) is 0 Å². The summed E-state index contributed by atoms with van der Waals surface area (Å²) in [4.78, 5) is 23.8. The fourth-order valence-corrected chi connectivity index (χ4v) is 2.40. The number of hydrogen-bond acceptors (Lipinski definition) is 3. The SMILES string of the molecule is O=C(CSc1ccc(F)c(F)c1)NNC(=O)c1ccc(Cl)cc1. The van der Waals surface area contributed by atoms with Gasteiger partial charge in [0.15, 0.2) is 11.6 Å². The zero-order valence-corrected chi connectivity index (χ0v) is 13.2. The molecule has 2 N–H and O–H groups in total. The van der Waals surface area contributed by atoms with Gasteiger partial charge in [0, 0.05) is 15.5 Å². The first-order valence-corrected chi connectivity index (χ1v) is 7.74. The van der Waals surface area contributed by atoms with Crippen molar-refractivity contribution in [3.8, 4) is 0 Å². The second-order valence-electron chi connectivity index (χ2n) is 4.37. The molecule has 0 saturated heterocycles. The van der Waals surface area contributed by atoms with Crippen LogP contribution in [0.25, 0.3) is 0 Å². The molecule has 0 aliphatic carbocycles. The highest BCUT2D eigenvalue weighted by atomic mass is 35.5. The molecule has 0 radical (unpaired) electrons. The van der Waals surface area contributed by atoms with Crippen molar-refractivity contribution in [3.05, 3.63) is 64.7 Å². The lowest BCUT2D eigenvalue weighted by Crippen LogP contribution is -2.42. The summed E-state index contributed by atoms with van der Waals surface area (Å²) in [6.07, 6.45) is 0. The summed E-state index contributed by atoms with van der Waals surface area (Å²) in [6, 6.07) is 9.48. The van der Waals surface area contributed by atoms with E-state index in [2.05, 4.69) is 10.9 Å². The van der Waals surface area contributed by atoms with E-state index in [1.54, 1.807) is 12.1 Å². The molecule has 23 heavy (non-hydrogen) atoms. The van der Waals surface area contributed by atoms with Gasteiger partial charge in [-0.1, -0.05) is 11.6 Å². The number of hydrogen-bond donors (Lipinski definition) is 2. The molecule has 2 amide bonds. The number of hydrazine groups is 1. The number of rotatable bonds is 4. The van der Waals surface area contributed by atoms with E-state index in [0.29, 0.717) is 15.5 Å². The monoisotopic (exact) mass is 356 g/mol. The van der Waals surface area contributed by atoms with Gasteiger partial charge in [0.25, 0.3) is 5.91 Å². The van der Waals surface area contributed by atoms with Gasteiger partial charge in [-0.05, 0) is 42.5 Å².